The molecule has 0 aliphatic rings. The molecule has 0 aromatic heterocycles. The van der Waals surface area contributed by atoms with E-state index in [2.05, 4.69) is 33.1 Å². The molecule has 0 radical (unpaired) electrons. The van der Waals surface area contributed by atoms with Crippen molar-refractivity contribution >= 4 is 0 Å². The molecule has 3 nitrogen and oxygen atoms in total. The highest BCUT2D eigenvalue weighted by atomic mass is 16.3. The van der Waals surface area contributed by atoms with Crippen LogP contribution in [0.1, 0.15) is 27.7 Å². The van der Waals surface area contributed by atoms with Crippen molar-refractivity contribution in [2.24, 2.45) is 0 Å². The number of aliphatic hydroxyl groups excluding tert-OH is 1. The third-order valence-corrected chi connectivity index (χ3v) is 1.39. The lowest BCUT2D eigenvalue weighted by atomic mass is 10.3. The number of hydrogen-bond acceptors (Lipinski definition) is 3. The average Bonchev–Trinajstić information content (AvgIpc) is 1.86. The molecule has 0 spiro atoms. The van der Waals surface area contributed by atoms with Crippen LogP contribution < -0.4 is 5.43 Å². The molecular formula is C8H20N2O. The lowest BCUT2D eigenvalue weighted by molar-refractivity contribution is 0.0968. The third kappa shape index (κ3) is 5.18. The van der Waals surface area contributed by atoms with Gasteiger partial charge in [0, 0.05) is 18.6 Å². The van der Waals surface area contributed by atoms with E-state index in [1.807, 2.05) is 5.01 Å². The van der Waals surface area contributed by atoms with E-state index in [4.69, 9.17) is 5.11 Å². The molecule has 0 atom stereocenters. The van der Waals surface area contributed by atoms with Crippen LogP contribution in [-0.4, -0.2) is 35.4 Å². The van der Waals surface area contributed by atoms with Gasteiger partial charge in [-0.2, -0.15) is 0 Å². The molecule has 0 saturated heterocycles. The first-order valence-corrected chi connectivity index (χ1v) is 4.21. The Labute approximate surface area is 69.4 Å². The van der Waals surface area contributed by atoms with Gasteiger partial charge in [0.15, 0.2) is 0 Å². The van der Waals surface area contributed by atoms with Crippen LogP contribution in [0.15, 0.2) is 0 Å². The lowest BCUT2D eigenvalue weighted by Gasteiger charge is -2.28. The van der Waals surface area contributed by atoms with Crippen molar-refractivity contribution in [2.75, 3.05) is 13.2 Å². The minimum atomic E-state index is 0.206. The fourth-order valence-electron chi connectivity index (χ4n) is 0.911. The number of aliphatic hydroxyl groups is 1. The minimum Gasteiger partial charge on any atom is -0.395 e. The monoisotopic (exact) mass is 160 g/mol. The summed E-state index contributed by atoms with van der Waals surface area (Å²) in [6, 6.07) is 0.869. The highest BCUT2D eigenvalue weighted by Crippen LogP contribution is 1.93. The van der Waals surface area contributed by atoms with Gasteiger partial charge in [0.2, 0.25) is 0 Å². The Morgan fingerprint density at radius 2 is 1.82 bits per heavy atom. The van der Waals surface area contributed by atoms with E-state index in [0.29, 0.717) is 18.6 Å². The normalized spacial score (nSPS) is 12.0. The zero-order chi connectivity index (χ0) is 8.85. The number of hydrogen-bond donors (Lipinski definition) is 2. The third-order valence-electron chi connectivity index (χ3n) is 1.39. The van der Waals surface area contributed by atoms with Gasteiger partial charge in [-0.3, -0.25) is 5.43 Å². The molecule has 3 heteroatoms. The number of rotatable bonds is 5. The molecule has 0 rings (SSSR count). The first kappa shape index (κ1) is 10.9. The summed E-state index contributed by atoms with van der Waals surface area (Å²) in [7, 11) is 0. The topological polar surface area (TPSA) is 35.5 Å². The smallest absolute Gasteiger partial charge is 0.0572 e. The Morgan fingerprint density at radius 1 is 1.27 bits per heavy atom. The summed E-state index contributed by atoms with van der Waals surface area (Å²) in [6.45, 7) is 9.28. The number of hydrazine groups is 1. The molecule has 0 aliphatic carbocycles. The van der Waals surface area contributed by atoms with Crippen LogP contribution in [0.25, 0.3) is 0 Å². The maximum absolute atomic E-state index is 8.72. The molecule has 0 aliphatic heterocycles. The van der Waals surface area contributed by atoms with Gasteiger partial charge < -0.3 is 5.11 Å². The summed E-state index contributed by atoms with van der Waals surface area (Å²) in [5.41, 5.74) is 3.25. The summed E-state index contributed by atoms with van der Waals surface area (Å²) >= 11 is 0. The van der Waals surface area contributed by atoms with Gasteiger partial charge in [-0.25, -0.2) is 5.01 Å². The predicted octanol–water partition coefficient (Wildman–Crippen LogP) is 0.602. The summed E-state index contributed by atoms with van der Waals surface area (Å²) in [5, 5.41) is 10.8. The summed E-state index contributed by atoms with van der Waals surface area (Å²) in [6.07, 6.45) is 0. The zero-order valence-electron chi connectivity index (χ0n) is 7.96. The second kappa shape index (κ2) is 5.52. The van der Waals surface area contributed by atoms with E-state index in [1.54, 1.807) is 0 Å². The molecule has 0 amide bonds. The van der Waals surface area contributed by atoms with Gasteiger partial charge in [-0.15, -0.1) is 0 Å². The Hall–Kier alpha value is -0.120. The molecule has 0 bridgehead atoms. The van der Waals surface area contributed by atoms with Crippen molar-refractivity contribution < 1.29 is 5.11 Å². The molecule has 11 heavy (non-hydrogen) atoms. The number of nitrogens with one attached hydrogen (secondary N) is 1. The molecule has 2 N–H and O–H groups in total. The summed E-state index contributed by atoms with van der Waals surface area (Å²) in [5.74, 6) is 0. The molecule has 0 saturated carbocycles. The van der Waals surface area contributed by atoms with Crippen molar-refractivity contribution in [3.05, 3.63) is 0 Å². The second-order valence-electron chi connectivity index (χ2n) is 3.29. The first-order valence-electron chi connectivity index (χ1n) is 4.21. The van der Waals surface area contributed by atoms with Crippen LogP contribution in [0.5, 0.6) is 0 Å². The van der Waals surface area contributed by atoms with Gasteiger partial charge >= 0.3 is 0 Å². The summed E-state index contributed by atoms with van der Waals surface area (Å²) in [4.78, 5) is 0. The molecule has 68 valence electrons. The maximum atomic E-state index is 8.72. The van der Waals surface area contributed by atoms with Gasteiger partial charge in [-0.05, 0) is 27.7 Å². The van der Waals surface area contributed by atoms with Crippen LogP contribution in [0.2, 0.25) is 0 Å². The van der Waals surface area contributed by atoms with Gasteiger partial charge in [0.05, 0.1) is 6.61 Å². The fourth-order valence-corrected chi connectivity index (χ4v) is 0.911. The minimum absolute atomic E-state index is 0.206. The lowest BCUT2D eigenvalue weighted by Crippen LogP contribution is -2.47. The van der Waals surface area contributed by atoms with Crippen molar-refractivity contribution in [1.29, 1.82) is 0 Å². The van der Waals surface area contributed by atoms with E-state index < -0.39 is 0 Å². The quantitative estimate of drug-likeness (QED) is 0.578. The second-order valence-corrected chi connectivity index (χ2v) is 3.29. The zero-order valence-corrected chi connectivity index (χ0v) is 7.96. The molecule has 0 fully saturated rings. The van der Waals surface area contributed by atoms with Crippen molar-refractivity contribution in [3.63, 3.8) is 0 Å². The molecule has 0 unspecified atom stereocenters. The van der Waals surface area contributed by atoms with Gasteiger partial charge in [0.25, 0.3) is 0 Å². The highest BCUT2D eigenvalue weighted by Gasteiger charge is 2.08. The van der Waals surface area contributed by atoms with Crippen LogP contribution in [0, 0.1) is 0 Å². The van der Waals surface area contributed by atoms with Gasteiger partial charge in [0.1, 0.15) is 0 Å². The summed E-state index contributed by atoms with van der Waals surface area (Å²) < 4.78 is 0. The van der Waals surface area contributed by atoms with Crippen LogP contribution in [-0.2, 0) is 0 Å². The van der Waals surface area contributed by atoms with Crippen molar-refractivity contribution in [1.82, 2.24) is 10.4 Å². The molecule has 0 heterocycles. The van der Waals surface area contributed by atoms with E-state index in [0.717, 1.165) is 0 Å². The van der Waals surface area contributed by atoms with Crippen LogP contribution in [0.4, 0.5) is 0 Å². The van der Waals surface area contributed by atoms with Crippen molar-refractivity contribution in [3.8, 4) is 0 Å². The predicted molar refractivity (Wildman–Crippen MR) is 47.2 cm³/mol. The van der Waals surface area contributed by atoms with Crippen LogP contribution >= 0.6 is 0 Å². The Morgan fingerprint density at radius 3 is 2.09 bits per heavy atom. The van der Waals surface area contributed by atoms with Crippen LogP contribution in [0.3, 0.4) is 0 Å². The maximum Gasteiger partial charge on any atom is 0.0572 e. The first-order chi connectivity index (χ1) is 5.07. The standard InChI is InChI=1S/C8H20N2O/c1-7(2)9-10(5-6-11)8(3)4/h7-9,11H,5-6H2,1-4H3. The largest absolute Gasteiger partial charge is 0.395 e. The number of nitrogens with zero attached hydrogens (tertiary/aromatic N) is 1. The Balaban J connectivity index is 3.69. The Bertz CT molecular complexity index is 94.1. The van der Waals surface area contributed by atoms with E-state index in [9.17, 15) is 0 Å². The van der Waals surface area contributed by atoms with Gasteiger partial charge in [-0.1, -0.05) is 0 Å². The molecule has 0 aromatic rings. The highest BCUT2D eigenvalue weighted by molar-refractivity contribution is 4.59. The SMILES string of the molecule is CC(C)NN(CCO)C(C)C. The van der Waals surface area contributed by atoms with Crippen molar-refractivity contribution in [2.45, 2.75) is 39.8 Å². The molecule has 0 aromatic carbocycles. The molecular weight excluding hydrogens is 140 g/mol. The van der Waals surface area contributed by atoms with E-state index in [1.165, 1.54) is 0 Å². The van der Waals surface area contributed by atoms with E-state index in [-0.39, 0.29) is 6.61 Å². The van der Waals surface area contributed by atoms with E-state index >= 15 is 0 Å². The fraction of sp³-hybridized carbons (Fsp3) is 1.00. The Kier molecular flexibility index (Phi) is 5.46. The average molecular weight is 160 g/mol.